The summed E-state index contributed by atoms with van der Waals surface area (Å²) in [6.45, 7) is 4.41. The number of nitrogens with one attached hydrogen (secondary N) is 1. The van der Waals surface area contributed by atoms with E-state index < -0.39 is 12.0 Å². The van der Waals surface area contributed by atoms with Gasteiger partial charge in [-0.25, -0.2) is 0 Å². The molecule has 9 heavy (non-hydrogen) atoms. The molecule has 2 N–H and O–H groups in total. The largest absolute Gasteiger partial charge is 0.480 e. The minimum atomic E-state index is -0.788. The third kappa shape index (κ3) is 3.97. The maximum atomic E-state index is 10.1. The number of hydrogen-bond donors (Lipinski definition) is 2. The van der Waals surface area contributed by atoms with E-state index in [0.717, 1.165) is 13.0 Å². The molecule has 0 rings (SSSR count). The van der Waals surface area contributed by atoms with Crippen molar-refractivity contribution in [3.63, 3.8) is 0 Å². The van der Waals surface area contributed by atoms with Gasteiger partial charge in [0.15, 0.2) is 0 Å². The lowest BCUT2D eigenvalue weighted by Crippen LogP contribution is -2.33. The maximum absolute atomic E-state index is 10.1. The van der Waals surface area contributed by atoms with Gasteiger partial charge in [-0.2, -0.15) is 0 Å². The van der Waals surface area contributed by atoms with Gasteiger partial charge in [0.25, 0.3) is 0 Å². The highest BCUT2D eigenvalue weighted by Gasteiger charge is 2.06. The van der Waals surface area contributed by atoms with Crippen molar-refractivity contribution < 1.29 is 9.90 Å². The lowest BCUT2D eigenvalue weighted by molar-refractivity contribution is -0.138. The van der Waals surface area contributed by atoms with Crippen molar-refractivity contribution >= 4 is 5.97 Å². The SMILES string of the molecule is CCCN[C@@H](C)C(=O)O. The number of carboxylic acid groups (broad SMARTS) is 1. The summed E-state index contributed by atoms with van der Waals surface area (Å²) in [5, 5.41) is 11.2. The summed E-state index contributed by atoms with van der Waals surface area (Å²) in [4.78, 5) is 10.1. The first-order valence-corrected chi connectivity index (χ1v) is 3.14. The molecule has 0 bridgehead atoms. The van der Waals surface area contributed by atoms with Crippen molar-refractivity contribution in [2.24, 2.45) is 0 Å². The van der Waals surface area contributed by atoms with Crippen LogP contribution in [0.15, 0.2) is 0 Å². The van der Waals surface area contributed by atoms with E-state index in [1.165, 1.54) is 0 Å². The Labute approximate surface area is 55.1 Å². The Kier molecular flexibility index (Phi) is 4.05. The fourth-order valence-corrected chi connectivity index (χ4v) is 0.448. The van der Waals surface area contributed by atoms with Crippen LogP contribution < -0.4 is 5.32 Å². The van der Waals surface area contributed by atoms with Crippen LogP contribution in [0.4, 0.5) is 0 Å². The number of hydrogen-bond acceptors (Lipinski definition) is 2. The van der Waals surface area contributed by atoms with Crippen molar-refractivity contribution in [3.05, 3.63) is 0 Å². The minimum absolute atomic E-state index is 0.412. The molecule has 0 unspecified atom stereocenters. The Bertz CT molecular complexity index is 93.1. The van der Waals surface area contributed by atoms with Gasteiger partial charge in [-0.15, -0.1) is 0 Å². The number of carbonyl (C=O) groups is 1. The molecular formula is C6H13NO2. The van der Waals surface area contributed by atoms with Crippen LogP contribution in [0.5, 0.6) is 0 Å². The highest BCUT2D eigenvalue weighted by atomic mass is 16.4. The van der Waals surface area contributed by atoms with Gasteiger partial charge in [0.2, 0.25) is 0 Å². The maximum Gasteiger partial charge on any atom is 0.320 e. The van der Waals surface area contributed by atoms with E-state index >= 15 is 0 Å². The molecule has 0 aliphatic carbocycles. The topological polar surface area (TPSA) is 49.3 Å². The molecule has 0 amide bonds. The first-order valence-electron chi connectivity index (χ1n) is 3.14. The van der Waals surface area contributed by atoms with Crippen LogP contribution in [0.25, 0.3) is 0 Å². The Hall–Kier alpha value is -0.570. The Morgan fingerprint density at radius 3 is 2.67 bits per heavy atom. The van der Waals surface area contributed by atoms with E-state index in [-0.39, 0.29) is 0 Å². The van der Waals surface area contributed by atoms with Gasteiger partial charge in [-0.3, -0.25) is 4.79 Å². The zero-order valence-electron chi connectivity index (χ0n) is 5.85. The molecule has 0 saturated carbocycles. The summed E-state index contributed by atoms with van der Waals surface area (Å²) in [5.74, 6) is -0.788. The lowest BCUT2D eigenvalue weighted by atomic mass is 10.3. The van der Waals surface area contributed by atoms with Gasteiger partial charge in [0.1, 0.15) is 6.04 Å². The monoisotopic (exact) mass is 131 g/mol. The fraction of sp³-hybridized carbons (Fsp3) is 0.833. The molecule has 0 radical (unpaired) electrons. The minimum Gasteiger partial charge on any atom is -0.480 e. The summed E-state index contributed by atoms with van der Waals surface area (Å²) in [7, 11) is 0. The van der Waals surface area contributed by atoms with Crippen LogP contribution in [0.3, 0.4) is 0 Å². The zero-order valence-corrected chi connectivity index (χ0v) is 5.85. The number of carboxylic acids is 1. The summed E-state index contributed by atoms with van der Waals surface area (Å²) < 4.78 is 0. The summed E-state index contributed by atoms with van der Waals surface area (Å²) in [6.07, 6.45) is 0.970. The lowest BCUT2D eigenvalue weighted by Gasteiger charge is -2.05. The van der Waals surface area contributed by atoms with Crippen LogP contribution in [-0.2, 0) is 4.79 Å². The Balaban J connectivity index is 3.27. The van der Waals surface area contributed by atoms with Crippen LogP contribution in [-0.4, -0.2) is 23.7 Å². The van der Waals surface area contributed by atoms with Gasteiger partial charge in [-0.05, 0) is 19.9 Å². The Morgan fingerprint density at radius 2 is 2.33 bits per heavy atom. The molecule has 0 aromatic carbocycles. The third-order valence-corrected chi connectivity index (χ3v) is 1.07. The molecule has 3 heteroatoms. The first kappa shape index (κ1) is 8.43. The molecular weight excluding hydrogens is 118 g/mol. The summed E-state index contributed by atoms with van der Waals surface area (Å²) in [5.41, 5.74) is 0. The zero-order chi connectivity index (χ0) is 7.28. The predicted molar refractivity (Wildman–Crippen MR) is 35.4 cm³/mol. The molecule has 0 aliphatic heterocycles. The number of rotatable bonds is 4. The van der Waals surface area contributed by atoms with E-state index in [9.17, 15) is 4.79 Å². The van der Waals surface area contributed by atoms with Gasteiger partial charge in [0, 0.05) is 0 Å². The molecule has 0 saturated heterocycles. The molecule has 0 aromatic rings. The van der Waals surface area contributed by atoms with Crippen molar-refractivity contribution in [1.29, 1.82) is 0 Å². The molecule has 0 aliphatic rings. The molecule has 0 heterocycles. The highest BCUT2D eigenvalue weighted by molar-refractivity contribution is 5.72. The van der Waals surface area contributed by atoms with Crippen LogP contribution in [0.1, 0.15) is 20.3 Å². The number of aliphatic carboxylic acids is 1. The van der Waals surface area contributed by atoms with Crippen LogP contribution in [0.2, 0.25) is 0 Å². The van der Waals surface area contributed by atoms with Gasteiger partial charge >= 0.3 is 5.97 Å². The van der Waals surface area contributed by atoms with Gasteiger partial charge in [-0.1, -0.05) is 6.92 Å². The summed E-state index contributed by atoms with van der Waals surface area (Å²) in [6, 6.07) is -0.412. The molecule has 0 aromatic heterocycles. The van der Waals surface area contributed by atoms with Crippen molar-refractivity contribution in [3.8, 4) is 0 Å². The highest BCUT2D eigenvalue weighted by Crippen LogP contribution is 1.80. The quantitative estimate of drug-likeness (QED) is 0.582. The van der Waals surface area contributed by atoms with E-state index in [1.807, 2.05) is 6.92 Å². The van der Waals surface area contributed by atoms with Crippen molar-refractivity contribution in [2.75, 3.05) is 6.54 Å². The van der Waals surface area contributed by atoms with Crippen molar-refractivity contribution in [1.82, 2.24) is 5.32 Å². The average molecular weight is 131 g/mol. The van der Waals surface area contributed by atoms with E-state index in [2.05, 4.69) is 5.32 Å². The van der Waals surface area contributed by atoms with E-state index in [1.54, 1.807) is 6.92 Å². The third-order valence-electron chi connectivity index (χ3n) is 1.07. The standard InChI is InChI=1S/C6H13NO2/c1-3-4-7-5(2)6(8)9/h5,7H,3-4H2,1-2H3,(H,8,9)/t5-/m0/s1. The van der Waals surface area contributed by atoms with E-state index in [4.69, 9.17) is 5.11 Å². The van der Waals surface area contributed by atoms with Crippen molar-refractivity contribution in [2.45, 2.75) is 26.3 Å². The second-order valence-corrected chi connectivity index (χ2v) is 2.01. The summed E-state index contributed by atoms with van der Waals surface area (Å²) >= 11 is 0. The molecule has 0 fully saturated rings. The molecule has 0 spiro atoms. The molecule has 54 valence electrons. The molecule has 3 nitrogen and oxygen atoms in total. The Morgan fingerprint density at radius 1 is 1.78 bits per heavy atom. The second-order valence-electron chi connectivity index (χ2n) is 2.01. The smallest absolute Gasteiger partial charge is 0.320 e. The normalized spacial score (nSPS) is 13.1. The van der Waals surface area contributed by atoms with Gasteiger partial charge in [0.05, 0.1) is 0 Å². The molecule has 1 atom stereocenters. The van der Waals surface area contributed by atoms with Gasteiger partial charge < -0.3 is 10.4 Å². The second kappa shape index (κ2) is 4.32. The fourth-order valence-electron chi connectivity index (χ4n) is 0.448. The average Bonchev–Trinajstić information content (AvgIpc) is 1.82. The van der Waals surface area contributed by atoms with E-state index in [0.29, 0.717) is 0 Å². The predicted octanol–water partition coefficient (Wildman–Crippen LogP) is 0.459. The first-order chi connectivity index (χ1) is 4.18. The van der Waals surface area contributed by atoms with Crippen LogP contribution in [0, 0.1) is 0 Å². The van der Waals surface area contributed by atoms with Crippen LogP contribution >= 0.6 is 0 Å².